The standard InChI is InChI=1S/C22H28N2O2/c1-23(2)22(25)21(19-13-7-4-8-14-19)24-16-20(17-24)26-15-9-12-18-10-5-3-6-11-18/h3-8,10-11,13-14,20-21H,9,12,15-17H2,1-2H3. The fraction of sp³-hybridized carbons (Fsp3) is 0.409. The lowest BCUT2D eigenvalue weighted by atomic mass is 9.99. The predicted molar refractivity (Wildman–Crippen MR) is 104 cm³/mol. The summed E-state index contributed by atoms with van der Waals surface area (Å²) in [6.45, 7) is 2.39. The molecule has 0 spiro atoms. The first-order valence-electron chi connectivity index (χ1n) is 9.31. The smallest absolute Gasteiger partial charge is 0.244 e. The van der Waals surface area contributed by atoms with Gasteiger partial charge in [0.25, 0.3) is 0 Å². The number of ether oxygens (including phenoxy) is 1. The Hall–Kier alpha value is -2.17. The number of carbonyl (C=O) groups is 1. The number of rotatable bonds is 8. The monoisotopic (exact) mass is 352 g/mol. The summed E-state index contributed by atoms with van der Waals surface area (Å²) in [6.07, 6.45) is 2.30. The Bertz CT molecular complexity index is 682. The number of hydrogen-bond donors (Lipinski definition) is 0. The molecule has 1 saturated heterocycles. The van der Waals surface area contributed by atoms with Crippen molar-refractivity contribution in [1.82, 2.24) is 9.80 Å². The molecule has 4 heteroatoms. The molecule has 0 radical (unpaired) electrons. The highest BCUT2D eigenvalue weighted by Crippen LogP contribution is 2.28. The molecule has 4 nitrogen and oxygen atoms in total. The molecule has 0 aromatic heterocycles. The first-order valence-corrected chi connectivity index (χ1v) is 9.31. The highest BCUT2D eigenvalue weighted by Gasteiger charge is 2.38. The van der Waals surface area contributed by atoms with Gasteiger partial charge in [-0.1, -0.05) is 60.7 Å². The van der Waals surface area contributed by atoms with Gasteiger partial charge in [0.05, 0.1) is 6.10 Å². The Labute approximate surface area is 156 Å². The number of hydrogen-bond acceptors (Lipinski definition) is 3. The van der Waals surface area contributed by atoms with Gasteiger partial charge in [-0.15, -0.1) is 0 Å². The van der Waals surface area contributed by atoms with Crippen molar-refractivity contribution in [2.45, 2.75) is 25.0 Å². The maximum Gasteiger partial charge on any atom is 0.244 e. The molecule has 1 unspecified atom stereocenters. The molecule has 138 valence electrons. The normalized spacial score (nSPS) is 16.1. The average Bonchev–Trinajstić information content (AvgIpc) is 2.63. The second-order valence-electron chi connectivity index (χ2n) is 7.08. The Morgan fingerprint density at radius 1 is 1.08 bits per heavy atom. The third kappa shape index (κ3) is 4.71. The van der Waals surface area contributed by atoms with Gasteiger partial charge in [-0.05, 0) is 24.0 Å². The van der Waals surface area contributed by atoms with Crippen molar-refractivity contribution in [1.29, 1.82) is 0 Å². The third-order valence-corrected chi connectivity index (χ3v) is 4.84. The van der Waals surface area contributed by atoms with E-state index in [9.17, 15) is 4.79 Å². The lowest BCUT2D eigenvalue weighted by molar-refractivity contribution is -0.142. The van der Waals surface area contributed by atoms with E-state index in [1.165, 1.54) is 5.56 Å². The van der Waals surface area contributed by atoms with Gasteiger partial charge >= 0.3 is 0 Å². The summed E-state index contributed by atoms with van der Waals surface area (Å²) in [4.78, 5) is 16.5. The maximum atomic E-state index is 12.6. The fourth-order valence-electron chi connectivity index (χ4n) is 3.35. The summed E-state index contributed by atoms with van der Waals surface area (Å²) in [5.41, 5.74) is 2.40. The van der Waals surface area contributed by atoms with Gasteiger partial charge in [-0.2, -0.15) is 0 Å². The molecule has 1 fully saturated rings. The molecule has 2 aromatic carbocycles. The van der Waals surface area contributed by atoms with Crippen LogP contribution in [0.5, 0.6) is 0 Å². The topological polar surface area (TPSA) is 32.8 Å². The zero-order chi connectivity index (χ0) is 18.4. The molecule has 1 heterocycles. The summed E-state index contributed by atoms with van der Waals surface area (Å²) in [6, 6.07) is 20.3. The molecule has 1 atom stereocenters. The van der Waals surface area contributed by atoms with E-state index in [0.717, 1.165) is 38.1 Å². The van der Waals surface area contributed by atoms with Gasteiger partial charge in [0, 0.05) is 33.8 Å². The second-order valence-corrected chi connectivity index (χ2v) is 7.08. The van der Waals surface area contributed by atoms with Crippen molar-refractivity contribution in [3.05, 3.63) is 71.8 Å². The molecule has 0 aliphatic carbocycles. The molecule has 3 rings (SSSR count). The fourth-order valence-corrected chi connectivity index (χ4v) is 3.35. The van der Waals surface area contributed by atoms with Crippen LogP contribution >= 0.6 is 0 Å². The van der Waals surface area contributed by atoms with Crippen LogP contribution in [0.4, 0.5) is 0 Å². The first-order chi connectivity index (χ1) is 12.6. The van der Waals surface area contributed by atoms with Crippen LogP contribution in [0, 0.1) is 0 Å². The van der Waals surface area contributed by atoms with Crippen LogP contribution in [0.3, 0.4) is 0 Å². The van der Waals surface area contributed by atoms with Crippen LogP contribution in [0.2, 0.25) is 0 Å². The van der Waals surface area contributed by atoms with Gasteiger partial charge in [0.1, 0.15) is 6.04 Å². The van der Waals surface area contributed by atoms with Gasteiger partial charge < -0.3 is 9.64 Å². The Morgan fingerprint density at radius 2 is 1.69 bits per heavy atom. The Kier molecular flexibility index (Phi) is 6.42. The zero-order valence-corrected chi connectivity index (χ0v) is 15.7. The number of amides is 1. The largest absolute Gasteiger partial charge is 0.376 e. The number of benzene rings is 2. The molecule has 0 N–H and O–H groups in total. The summed E-state index contributed by atoms with van der Waals surface area (Å²) in [5, 5.41) is 0. The highest BCUT2D eigenvalue weighted by atomic mass is 16.5. The molecule has 0 saturated carbocycles. The number of likely N-dealkylation sites (tertiary alicyclic amines) is 1. The van der Waals surface area contributed by atoms with Crippen LogP contribution in [0.15, 0.2) is 60.7 Å². The molecule has 0 bridgehead atoms. The number of likely N-dealkylation sites (N-methyl/N-ethyl adjacent to an activating group) is 1. The van der Waals surface area contributed by atoms with Gasteiger partial charge in [-0.3, -0.25) is 9.69 Å². The molecule has 1 aliphatic rings. The first kappa shape index (κ1) is 18.6. The minimum absolute atomic E-state index is 0.124. The average molecular weight is 352 g/mol. The molecule has 1 aliphatic heterocycles. The lowest BCUT2D eigenvalue weighted by Crippen LogP contribution is -2.56. The second kappa shape index (κ2) is 8.97. The highest BCUT2D eigenvalue weighted by molar-refractivity contribution is 5.83. The van der Waals surface area contributed by atoms with E-state index < -0.39 is 0 Å². The van der Waals surface area contributed by atoms with Gasteiger partial charge in [-0.25, -0.2) is 0 Å². The molecular weight excluding hydrogens is 324 g/mol. The van der Waals surface area contributed by atoms with Crippen molar-refractivity contribution < 1.29 is 9.53 Å². The van der Waals surface area contributed by atoms with E-state index in [-0.39, 0.29) is 18.1 Å². The van der Waals surface area contributed by atoms with E-state index in [4.69, 9.17) is 4.74 Å². The minimum atomic E-state index is -0.213. The Morgan fingerprint density at radius 3 is 2.31 bits per heavy atom. The summed E-state index contributed by atoms with van der Waals surface area (Å²) in [5.74, 6) is 0.124. The SMILES string of the molecule is CN(C)C(=O)C(c1ccccc1)N1CC(OCCCc2ccccc2)C1. The third-order valence-electron chi connectivity index (χ3n) is 4.84. The Balaban J connectivity index is 1.46. The molecule has 26 heavy (non-hydrogen) atoms. The van der Waals surface area contributed by atoms with Crippen LogP contribution < -0.4 is 0 Å². The van der Waals surface area contributed by atoms with E-state index in [2.05, 4.69) is 29.2 Å². The maximum absolute atomic E-state index is 12.6. The van der Waals surface area contributed by atoms with Crippen molar-refractivity contribution in [2.75, 3.05) is 33.8 Å². The summed E-state index contributed by atoms with van der Waals surface area (Å²) < 4.78 is 5.99. The van der Waals surface area contributed by atoms with E-state index in [0.29, 0.717) is 0 Å². The molecule has 1 amide bonds. The van der Waals surface area contributed by atoms with Crippen molar-refractivity contribution >= 4 is 5.91 Å². The van der Waals surface area contributed by atoms with Crippen LogP contribution in [0.25, 0.3) is 0 Å². The summed E-state index contributed by atoms with van der Waals surface area (Å²) in [7, 11) is 3.63. The van der Waals surface area contributed by atoms with Crippen LogP contribution in [-0.2, 0) is 16.0 Å². The molecular formula is C22H28N2O2. The number of carbonyl (C=O) groups excluding carboxylic acids is 1. The van der Waals surface area contributed by atoms with E-state index in [1.807, 2.05) is 50.5 Å². The number of nitrogens with zero attached hydrogens (tertiary/aromatic N) is 2. The lowest BCUT2D eigenvalue weighted by Gasteiger charge is -2.44. The van der Waals surface area contributed by atoms with Gasteiger partial charge in [0.2, 0.25) is 5.91 Å². The predicted octanol–water partition coefficient (Wildman–Crippen LogP) is 3.15. The zero-order valence-electron chi connectivity index (χ0n) is 15.7. The van der Waals surface area contributed by atoms with Crippen LogP contribution in [0.1, 0.15) is 23.6 Å². The quantitative estimate of drug-likeness (QED) is 0.684. The van der Waals surface area contributed by atoms with Crippen molar-refractivity contribution in [2.24, 2.45) is 0 Å². The molecule has 2 aromatic rings. The van der Waals surface area contributed by atoms with E-state index >= 15 is 0 Å². The van der Waals surface area contributed by atoms with Crippen LogP contribution in [-0.4, -0.2) is 55.6 Å². The van der Waals surface area contributed by atoms with Gasteiger partial charge in [0.15, 0.2) is 0 Å². The van der Waals surface area contributed by atoms with Crippen molar-refractivity contribution in [3.63, 3.8) is 0 Å². The summed E-state index contributed by atoms with van der Waals surface area (Å²) >= 11 is 0. The van der Waals surface area contributed by atoms with E-state index in [1.54, 1.807) is 4.90 Å². The minimum Gasteiger partial charge on any atom is -0.376 e. The van der Waals surface area contributed by atoms with Crippen molar-refractivity contribution in [3.8, 4) is 0 Å². The number of aryl methyl sites for hydroxylation is 1.